The van der Waals surface area contributed by atoms with Gasteiger partial charge in [0.05, 0.1) is 6.04 Å². The molecule has 1 aromatic heterocycles. The first kappa shape index (κ1) is 14.8. The molecule has 0 saturated carbocycles. The average molecular weight is 387 g/mol. The molecule has 1 N–H and O–H groups in total. The summed E-state index contributed by atoms with van der Waals surface area (Å²) >= 11 is 8.49. The highest BCUT2D eigenvalue weighted by atomic mass is 127. The molecule has 100 valence electrons. The van der Waals surface area contributed by atoms with Crippen molar-refractivity contribution < 1.29 is 0 Å². The van der Waals surface area contributed by atoms with E-state index in [1.54, 1.807) is 6.20 Å². The minimum Gasteiger partial charge on any atom is -0.306 e. The van der Waals surface area contributed by atoms with E-state index in [0.717, 1.165) is 23.6 Å². The average Bonchev–Trinajstić information content (AvgIpc) is 2.44. The van der Waals surface area contributed by atoms with Crippen LogP contribution in [0.5, 0.6) is 0 Å². The number of aromatic nitrogens is 1. The summed E-state index contributed by atoms with van der Waals surface area (Å²) in [7, 11) is 0. The van der Waals surface area contributed by atoms with Crippen LogP contribution in [0.25, 0.3) is 0 Å². The third-order valence-electron chi connectivity index (χ3n) is 2.89. The van der Waals surface area contributed by atoms with Crippen molar-refractivity contribution in [1.82, 2.24) is 10.3 Å². The number of rotatable bonds is 5. The van der Waals surface area contributed by atoms with E-state index in [2.05, 4.69) is 51.9 Å². The molecule has 0 aliphatic carbocycles. The van der Waals surface area contributed by atoms with Crippen LogP contribution >= 0.6 is 34.2 Å². The molecule has 1 unspecified atom stereocenters. The first-order valence-electron chi connectivity index (χ1n) is 6.30. The maximum absolute atomic E-state index is 6.14. The van der Waals surface area contributed by atoms with Crippen molar-refractivity contribution in [3.63, 3.8) is 0 Å². The van der Waals surface area contributed by atoms with Gasteiger partial charge in [-0.05, 0) is 70.9 Å². The van der Waals surface area contributed by atoms with Crippen LogP contribution in [0.3, 0.4) is 0 Å². The predicted octanol–water partition coefficient (Wildman–Crippen LogP) is 4.43. The second kappa shape index (κ2) is 7.22. The maximum Gasteiger partial charge on any atom is 0.0602 e. The van der Waals surface area contributed by atoms with Gasteiger partial charge in [0.2, 0.25) is 0 Å². The number of halogens is 2. The molecule has 0 radical (unpaired) electrons. The van der Waals surface area contributed by atoms with E-state index in [1.165, 1.54) is 9.13 Å². The van der Waals surface area contributed by atoms with Crippen LogP contribution < -0.4 is 5.32 Å². The molecule has 0 amide bonds. The molecule has 2 nitrogen and oxygen atoms in total. The molecular formula is C15H16ClIN2. The van der Waals surface area contributed by atoms with Gasteiger partial charge in [0, 0.05) is 21.0 Å². The Morgan fingerprint density at radius 3 is 2.89 bits per heavy atom. The molecule has 0 bridgehead atoms. The maximum atomic E-state index is 6.14. The Morgan fingerprint density at radius 1 is 1.37 bits per heavy atom. The van der Waals surface area contributed by atoms with Crippen LogP contribution in [-0.4, -0.2) is 11.5 Å². The number of benzene rings is 1. The lowest BCUT2D eigenvalue weighted by atomic mass is 10.00. The summed E-state index contributed by atoms with van der Waals surface area (Å²) in [6, 6.07) is 10.2. The van der Waals surface area contributed by atoms with Gasteiger partial charge in [-0.15, -0.1) is 0 Å². The monoisotopic (exact) mass is 386 g/mol. The van der Waals surface area contributed by atoms with Gasteiger partial charge < -0.3 is 5.32 Å². The lowest BCUT2D eigenvalue weighted by molar-refractivity contribution is 0.595. The molecular weight excluding hydrogens is 371 g/mol. The van der Waals surface area contributed by atoms with Crippen molar-refractivity contribution in [1.29, 1.82) is 0 Å². The van der Waals surface area contributed by atoms with Gasteiger partial charge in [-0.3, -0.25) is 4.98 Å². The predicted molar refractivity (Wildman–Crippen MR) is 88.5 cm³/mol. The lowest BCUT2D eigenvalue weighted by Gasteiger charge is -2.20. The Kier molecular flexibility index (Phi) is 5.60. The number of nitrogens with one attached hydrogen (secondary N) is 1. The standard InChI is InChI=1S/C15H16ClIN2/c1-2-7-19-15(11-4-3-8-18-10-11)13-9-12(16)5-6-14(13)17/h3-6,8-10,15,19H,2,7H2,1H3. The van der Waals surface area contributed by atoms with Crippen molar-refractivity contribution in [3.05, 3.63) is 62.4 Å². The van der Waals surface area contributed by atoms with Gasteiger partial charge in [0.15, 0.2) is 0 Å². The van der Waals surface area contributed by atoms with Crippen LogP contribution in [0.4, 0.5) is 0 Å². The Morgan fingerprint density at radius 2 is 2.21 bits per heavy atom. The highest BCUT2D eigenvalue weighted by Crippen LogP contribution is 2.28. The van der Waals surface area contributed by atoms with Crippen molar-refractivity contribution >= 4 is 34.2 Å². The Balaban J connectivity index is 2.40. The fourth-order valence-electron chi connectivity index (χ4n) is 1.98. The second-order valence-electron chi connectivity index (χ2n) is 4.34. The normalized spacial score (nSPS) is 12.4. The summed E-state index contributed by atoms with van der Waals surface area (Å²) in [5.74, 6) is 0. The summed E-state index contributed by atoms with van der Waals surface area (Å²) in [4.78, 5) is 4.22. The zero-order valence-corrected chi connectivity index (χ0v) is 13.6. The van der Waals surface area contributed by atoms with Crippen LogP contribution in [0.2, 0.25) is 5.02 Å². The first-order chi connectivity index (χ1) is 9.22. The van der Waals surface area contributed by atoms with E-state index < -0.39 is 0 Å². The summed E-state index contributed by atoms with van der Waals surface area (Å²) in [5, 5.41) is 4.33. The van der Waals surface area contributed by atoms with E-state index in [0.29, 0.717) is 0 Å². The van der Waals surface area contributed by atoms with Gasteiger partial charge >= 0.3 is 0 Å². The van der Waals surface area contributed by atoms with Crippen LogP contribution in [-0.2, 0) is 0 Å². The molecule has 0 fully saturated rings. The van der Waals surface area contributed by atoms with Gasteiger partial charge in [0.25, 0.3) is 0 Å². The van der Waals surface area contributed by atoms with Gasteiger partial charge in [-0.1, -0.05) is 24.6 Å². The molecule has 0 spiro atoms. The number of hydrogen-bond donors (Lipinski definition) is 1. The summed E-state index contributed by atoms with van der Waals surface area (Å²) in [6.45, 7) is 3.12. The van der Waals surface area contributed by atoms with E-state index in [9.17, 15) is 0 Å². The van der Waals surface area contributed by atoms with Crippen molar-refractivity contribution in [2.45, 2.75) is 19.4 Å². The van der Waals surface area contributed by atoms with Crippen molar-refractivity contribution in [2.75, 3.05) is 6.54 Å². The Labute approximate surface area is 132 Å². The Bertz CT molecular complexity index is 531. The molecule has 2 aromatic rings. The third-order valence-corrected chi connectivity index (χ3v) is 4.10. The van der Waals surface area contributed by atoms with E-state index in [4.69, 9.17) is 11.6 Å². The van der Waals surface area contributed by atoms with Gasteiger partial charge in [0.1, 0.15) is 0 Å². The lowest BCUT2D eigenvalue weighted by Crippen LogP contribution is -2.24. The molecule has 19 heavy (non-hydrogen) atoms. The second-order valence-corrected chi connectivity index (χ2v) is 5.94. The van der Waals surface area contributed by atoms with E-state index in [-0.39, 0.29) is 6.04 Å². The minimum absolute atomic E-state index is 0.138. The van der Waals surface area contributed by atoms with Crippen molar-refractivity contribution in [3.8, 4) is 0 Å². The summed E-state index contributed by atoms with van der Waals surface area (Å²) in [5.41, 5.74) is 2.37. The fourth-order valence-corrected chi connectivity index (χ4v) is 2.81. The van der Waals surface area contributed by atoms with E-state index in [1.807, 2.05) is 24.4 Å². The van der Waals surface area contributed by atoms with Crippen LogP contribution in [0.1, 0.15) is 30.5 Å². The minimum atomic E-state index is 0.138. The largest absolute Gasteiger partial charge is 0.306 e. The molecule has 0 saturated heterocycles. The molecule has 4 heteroatoms. The molecule has 1 atom stereocenters. The SMILES string of the molecule is CCCNC(c1cccnc1)c1cc(Cl)ccc1I. The first-order valence-corrected chi connectivity index (χ1v) is 7.76. The Hall–Kier alpha value is -0.650. The zero-order chi connectivity index (χ0) is 13.7. The molecule has 0 aliphatic rings. The zero-order valence-electron chi connectivity index (χ0n) is 10.7. The molecule has 1 heterocycles. The smallest absolute Gasteiger partial charge is 0.0602 e. The van der Waals surface area contributed by atoms with Crippen LogP contribution in [0, 0.1) is 3.57 Å². The quantitative estimate of drug-likeness (QED) is 0.769. The van der Waals surface area contributed by atoms with Gasteiger partial charge in [-0.2, -0.15) is 0 Å². The topological polar surface area (TPSA) is 24.9 Å². The van der Waals surface area contributed by atoms with Gasteiger partial charge in [-0.25, -0.2) is 0 Å². The number of nitrogens with zero attached hydrogens (tertiary/aromatic N) is 1. The summed E-state index contributed by atoms with van der Waals surface area (Å²) in [6.07, 6.45) is 4.79. The number of hydrogen-bond acceptors (Lipinski definition) is 2. The number of pyridine rings is 1. The highest BCUT2D eigenvalue weighted by Gasteiger charge is 2.16. The summed E-state index contributed by atoms with van der Waals surface area (Å²) < 4.78 is 1.21. The fraction of sp³-hybridized carbons (Fsp3) is 0.267. The molecule has 0 aliphatic heterocycles. The third kappa shape index (κ3) is 3.91. The highest BCUT2D eigenvalue weighted by molar-refractivity contribution is 14.1. The molecule has 1 aromatic carbocycles. The van der Waals surface area contributed by atoms with Crippen molar-refractivity contribution in [2.24, 2.45) is 0 Å². The van der Waals surface area contributed by atoms with E-state index >= 15 is 0 Å². The van der Waals surface area contributed by atoms with Crippen LogP contribution in [0.15, 0.2) is 42.7 Å². The molecule has 2 rings (SSSR count).